The summed E-state index contributed by atoms with van der Waals surface area (Å²) in [6, 6.07) is 9.22. The van der Waals surface area contributed by atoms with Gasteiger partial charge in [0, 0.05) is 15.7 Å². The Morgan fingerprint density at radius 1 is 1.11 bits per heavy atom. The van der Waals surface area contributed by atoms with Gasteiger partial charge in [0.15, 0.2) is 0 Å². The molecule has 18 heavy (non-hydrogen) atoms. The van der Waals surface area contributed by atoms with Crippen molar-refractivity contribution in [3.8, 4) is 0 Å². The van der Waals surface area contributed by atoms with E-state index in [1.807, 2.05) is 12.1 Å². The molecule has 0 atom stereocenters. The number of anilines is 1. The summed E-state index contributed by atoms with van der Waals surface area (Å²) in [4.78, 5) is 0. The Hall–Kier alpha value is -0.880. The second-order valence-corrected chi connectivity index (χ2v) is 5.33. The smallest absolute Gasteiger partial charge is 0.131 e. The first-order valence-corrected chi connectivity index (χ1v) is 6.65. The number of rotatable bonds is 3. The van der Waals surface area contributed by atoms with Gasteiger partial charge < -0.3 is 5.32 Å². The summed E-state index contributed by atoms with van der Waals surface area (Å²) in [7, 11) is 0. The summed E-state index contributed by atoms with van der Waals surface area (Å²) in [5.74, 6) is -1.13. The second kappa shape index (κ2) is 5.84. The highest BCUT2D eigenvalue weighted by molar-refractivity contribution is 14.1. The quantitative estimate of drug-likeness (QED) is 0.753. The third-order valence-electron chi connectivity index (χ3n) is 2.45. The van der Waals surface area contributed by atoms with E-state index in [9.17, 15) is 8.78 Å². The molecular formula is C13H9ClF2IN. The summed E-state index contributed by atoms with van der Waals surface area (Å²) in [6.45, 7) is 0.0539. The highest BCUT2D eigenvalue weighted by atomic mass is 127. The van der Waals surface area contributed by atoms with Crippen LogP contribution in [0, 0.1) is 15.2 Å². The van der Waals surface area contributed by atoms with E-state index in [1.165, 1.54) is 18.2 Å². The maximum atomic E-state index is 13.4. The number of nitrogens with one attached hydrogen (secondary N) is 1. The van der Waals surface area contributed by atoms with Crippen LogP contribution in [0.2, 0.25) is 5.02 Å². The van der Waals surface area contributed by atoms with Gasteiger partial charge in [-0.05, 0) is 52.9 Å². The predicted octanol–water partition coefficient (Wildman–Crippen LogP) is 4.83. The van der Waals surface area contributed by atoms with E-state index in [1.54, 1.807) is 6.07 Å². The minimum Gasteiger partial charge on any atom is -0.380 e. The van der Waals surface area contributed by atoms with Crippen molar-refractivity contribution in [3.05, 3.63) is 62.2 Å². The lowest BCUT2D eigenvalue weighted by molar-refractivity contribution is 0.560. The van der Waals surface area contributed by atoms with Gasteiger partial charge in [-0.15, -0.1) is 0 Å². The van der Waals surface area contributed by atoms with Gasteiger partial charge in [0.05, 0.1) is 10.7 Å². The summed E-state index contributed by atoms with van der Waals surface area (Å²) < 4.78 is 27.8. The predicted molar refractivity (Wildman–Crippen MR) is 77.9 cm³/mol. The van der Waals surface area contributed by atoms with Crippen LogP contribution in [0.4, 0.5) is 14.5 Å². The summed E-state index contributed by atoms with van der Waals surface area (Å²) in [6.07, 6.45) is 0. The van der Waals surface area contributed by atoms with Crippen molar-refractivity contribution in [1.82, 2.24) is 0 Å². The molecule has 0 radical (unpaired) electrons. The zero-order valence-corrected chi connectivity index (χ0v) is 12.1. The molecule has 2 aromatic rings. The average Bonchev–Trinajstić information content (AvgIpc) is 2.33. The molecule has 0 heterocycles. The standard InChI is InChI=1S/C13H9ClF2IN/c14-10-5-4-8(17)6-13(10)18-7-9-11(15)2-1-3-12(9)16/h1-6,18H,7H2. The molecule has 1 nitrogen and oxygen atoms in total. The van der Waals surface area contributed by atoms with Crippen molar-refractivity contribution in [1.29, 1.82) is 0 Å². The highest BCUT2D eigenvalue weighted by Crippen LogP contribution is 2.25. The molecule has 0 bridgehead atoms. The first-order valence-electron chi connectivity index (χ1n) is 5.20. The van der Waals surface area contributed by atoms with E-state index in [2.05, 4.69) is 27.9 Å². The monoisotopic (exact) mass is 379 g/mol. The topological polar surface area (TPSA) is 12.0 Å². The van der Waals surface area contributed by atoms with Gasteiger partial charge in [0.2, 0.25) is 0 Å². The fourth-order valence-electron chi connectivity index (χ4n) is 1.52. The van der Waals surface area contributed by atoms with Crippen LogP contribution in [0.15, 0.2) is 36.4 Å². The van der Waals surface area contributed by atoms with Gasteiger partial charge >= 0.3 is 0 Å². The van der Waals surface area contributed by atoms with E-state index in [-0.39, 0.29) is 12.1 Å². The van der Waals surface area contributed by atoms with Crippen LogP contribution in [0.3, 0.4) is 0 Å². The zero-order chi connectivity index (χ0) is 13.1. The Morgan fingerprint density at radius 2 is 1.78 bits per heavy atom. The lowest BCUT2D eigenvalue weighted by Gasteiger charge is -2.10. The molecule has 1 N–H and O–H groups in total. The minimum absolute atomic E-state index is 0.00688. The van der Waals surface area contributed by atoms with Gasteiger partial charge in [0.1, 0.15) is 11.6 Å². The second-order valence-electron chi connectivity index (χ2n) is 3.68. The molecule has 0 aromatic heterocycles. The lowest BCUT2D eigenvalue weighted by Crippen LogP contribution is -2.05. The Balaban J connectivity index is 2.19. The normalized spacial score (nSPS) is 10.4. The Labute approximate surface area is 122 Å². The summed E-state index contributed by atoms with van der Waals surface area (Å²) >= 11 is 8.13. The van der Waals surface area contributed by atoms with E-state index in [0.29, 0.717) is 10.7 Å². The first-order chi connectivity index (χ1) is 8.58. The zero-order valence-electron chi connectivity index (χ0n) is 9.18. The van der Waals surface area contributed by atoms with Gasteiger partial charge in [-0.3, -0.25) is 0 Å². The molecule has 2 rings (SSSR count). The largest absolute Gasteiger partial charge is 0.380 e. The fourth-order valence-corrected chi connectivity index (χ4v) is 2.19. The molecule has 0 spiro atoms. The average molecular weight is 380 g/mol. The molecule has 0 saturated carbocycles. The Bertz CT molecular complexity index is 555. The summed E-state index contributed by atoms with van der Waals surface area (Å²) in [5, 5.41) is 3.46. The van der Waals surface area contributed by atoms with Crippen molar-refractivity contribution in [2.75, 3.05) is 5.32 Å². The highest BCUT2D eigenvalue weighted by Gasteiger charge is 2.09. The molecular weight excluding hydrogens is 371 g/mol. The van der Waals surface area contributed by atoms with Crippen LogP contribution < -0.4 is 5.32 Å². The molecule has 0 aliphatic rings. The Kier molecular flexibility index (Phi) is 4.40. The van der Waals surface area contributed by atoms with Crippen LogP contribution in [-0.2, 0) is 6.54 Å². The molecule has 0 aliphatic carbocycles. The van der Waals surface area contributed by atoms with Gasteiger partial charge in [-0.2, -0.15) is 0 Å². The molecule has 0 fully saturated rings. The SMILES string of the molecule is Fc1cccc(F)c1CNc1cc(I)ccc1Cl. The van der Waals surface area contributed by atoms with Crippen LogP contribution in [0.25, 0.3) is 0 Å². The minimum atomic E-state index is -0.566. The van der Waals surface area contributed by atoms with Crippen LogP contribution in [-0.4, -0.2) is 0 Å². The van der Waals surface area contributed by atoms with E-state index < -0.39 is 11.6 Å². The molecule has 0 unspecified atom stereocenters. The van der Waals surface area contributed by atoms with Crippen molar-refractivity contribution in [2.45, 2.75) is 6.54 Å². The molecule has 0 saturated heterocycles. The van der Waals surface area contributed by atoms with Crippen molar-refractivity contribution in [2.24, 2.45) is 0 Å². The van der Waals surface area contributed by atoms with E-state index in [0.717, 1.165) is 3.57 Å². The van der Waals surface area contributed by atoms with Crippen LogP contribution >= 0.6 is 34.2 Å². The molecule has 2 aromatic carbocycles. The van der Waals surface area contributed by atoms with Crippen LogP contribution in [0.5, 0.6) is 0 Å². The molecule has 0 aliphatic heterocycles. The number of benzene rings is 2. The number of halogens is 4. The summed E-state index contributed by atoms with van der Waals surface area (Å²) in [5.41, 5.74) is 0.665. The Morgan fingerprint density at radius 3 is 2.44 bits per heavy atom. The number of hydrogen-bond donors (Lipinski definition) is 1. The third-order valence-corrected chi connectivity index (χ3v) is 3.45. The van der Waals surface area contributed by atoms with Crippen molar-refractivity contribution < 1.29 is 8.78 Å². The van der Waals surface area contributed by atoms with E-state index >= 15 is 0 Å². The first kappa shape index (κ1) is 13.5. The van der Waals surface area contributed by atoms with Gasteiger partial charge in [-0.1, -0.05) is 17.7 Å². The fraction of sp³-hybridized carbons (Fsp3) is 0.0769. The van der Waals surface area contributed by atoms with E-state index in [4.69, 9.17) is 11.6 Å². The van der Waals surface area contributed by atoms with Gasteiger partial charge in [0.25, 0.3) is 0 Å². The number of hydrogen-bond acceptors (Lipinski definition) is 1. The maximum Gasteiger partial charge on any atom is 0.131 e. The van der Waals surface area contributed by atoms with Crippen LogP contribution in [0.1, 0.15) is 5.56 Å². The van der Waals surface area contributed by atoms with Crippen molar-refractivity contribution in [3.63, 3.8) is 0 Å². The molecule has 5 heteroatoms. The molecule has 94 valence electrons. The third kappa shape index (κ3) is 3.11. The maximum absolute atomic E-state index is 13.4. The van der Waals surface area contributed by atoms with Crippen molar-refractivity contribution >= 4 is 39.9 Å². The molecule has 0 amide bonds. The lowest BCUT2D eigenvalue weighted by atomic mass is 10.2. The van der Waals surface area contributed by atoms with Gasteiger partial charge in [-0.25, -0.2) is 8.78 Å².